The van der Waals surface area contributed by atoms with Gasteiger partial charge in [0.25, 0.3) is 0 Å². The van der Waals surface area contributed by atoms with Gasteiger partial charge >= 0.3 is 0 Å². The zero-order chi connectivity index (χ0) is 24.0. The van der Waals surface area contributed by atoms with Crippen molar-refractivity contribution in [2.45, 2.75) is 56.8 Å². The summed E-state index contributed by atoms with van der Waals surface area (Å²) >= 11 is 0. The summed E-state index contributed by atoms with van der Waals surface area (Å²) in [5, 5.41) is 2.98. The van der Waals surface area contributed by atoms with Crippen molar-refractivity contribution in [1.82, 2.24) is 14.5 Å². The van der Waals surface area contributed by atoms with E-state index in [1.165, 1.54) is 0 Å². The number of carbonyl (C=O) groups excluding carboxylic acids is 2. The van der Waals surface area contributed by atoms with Gasteiger partial charge in [0.05, 0.1) is 0 Å². The average molecular weight is 486 g/mol. The fourth-order valence-electron chi connectivity index (χ4n) is 4.51. The lowest BCUT2D eigenvalue weighted by molar-refractivity contribution is -0.140. The Morgan fingerprint density at radius 3 is 2.27 bits per heavy atom. The van der Waals surface area contributed by atoms with Crippen LogP contribution >= 0.6 is 0 Å². The Bertz CT molecular complexity index is 941. The SMILES string of the molecule is CCCCCNC(=O)C1CCN(C(=O)C2CCN(S(=O)(=O)c3cc(F)ccc3F)CC2)CC1. The molecule has 2 aliphatic rings. The molecule has 0 unspecified atom stereocenters. The maximum Gasteiger partial charge on any atom is 0.246 e. The zero-order valence-electron chi connectivity index (χ0n) is 19.1. The Morgan fingerprint density at radius 1 is 1.00 bits per heavy atom. The van der Waals surface area contributed by atoms with Crippen LogP contribution < -0.4 is 5.32 Å². The van der Waals surface area contributed by atoms with Crippen molar-refractivity contribution in [1.29, 1.82) is 0 Å². The maximum atomic E-state index is 14.0. The Hall–Kier alpha value is -2.07. The van der Waals surface area contributed by atoms with Gasteiger partial charge in [-0.05, 0) is 50.3 Å². The standard InChI is InChI=1S/C23H33F2N3O4S/c1-2-3-4-11-26-22(29)17-7-12-27(13-8-17)23(30)18-9-14-28(15-10-18)33(31,32)21-16-19(24)5-6-20(21)25/h5-6,16-18H,2-4,7-15H2,1H3,(H,26,29). The van der Waals surface area contributed by atoms with Crippen LogP contribution in [0.15, 0.2) is 23.1 Å². The van der Waals surface area contributed by atoms with E-state index in [2.05, 4.69) is 12.2 Å². The second kappa shape index (κ2) is 11.4. The number of halogens is 2. The normalized spacial score (nSPS) is 18.9. The Kier molecular flexibility index (Phi) is 8.81. The number of sulfonamides is 1. The average Bonchev–Trinajstić information content (AvgIpc) is 2.83. The minimum absolute atomic E-state index is 0.0224. The Morgan fingerprint density at radius 2 is 1.64 bits per heavy atom. The highest BCUT2D eigenvalue weighted by Crippen LogP contribution is 2.28. The lowest BCUT2D eigenvalue weighted by Gasteiger charge is -2.36. The predicted octanol–water partition coefficient (Wildman–Crippen LogP) is 2.91. The molecule has 2 saturated heterocycles. The molecule has 0 bridgehead atoms. The first-order chi connectivity index (χ1) is 15.7. The van der Waals surface area contributed by atoms with Gasteiger partial charge in [-0.15, -0.1) is 0 Å². The number of hydrogen-bond donors (Lipinski definition) is 1. The van der Waals surface area contributed by atoms with Crippen molar-refractivity contribution in [3.8, 4) is 0 Å². The molecule has 2 fully saturated rings. The number of piperidine rings is 2. The number of amides is 2. The number of hydrogen-bond acceptors (Lipinski definition) is 4. The van der Waals surface area contributed by atoms with Crippen LogP contribution in [0, 0.1) is 23.5 Å². The molecule has 184 valence electrons. The molecule has 0 spiro atoms. The topological polar surface area (TPSA) is 86.8 Å². The van der Waals surface area contributed by atoms with Gasteiger partial charge in [-0.25, -0.2) is 17.2 Å². The molecule has 1 N–H and O–H groups in total. The molecule has 2 aliphatic heterocycles. The van der Waals surface area contributed by atoms with Crippen molar-refractivity contribution in [3.63, 3.8) is 0 Å². The van der Waals surface area contributed by atoms with Gasteiger partial charge in [-0.1, -0.05) is 19.8 Å². The van der Waals surface area contributed by atoms with Crippen LogP contribution in [0.3, 0.4) is 0 Å². The molecule has 2 amide bonds. The van der Waals surface area contributed by atoms with E-state index in [-0.39, 0.29) is 36.7 Å². The van der Waals surface area contributed by atoms with Gasteiger partial charge in [0.1, 0.15) is 16.5 Å². The minimum Gasteiger partial charge on any atom is -0.356 e. The fraction of sp³-hybridized carbons (Fsp3) is 0.652. The summed E-state index contributed by atoms with van der Waals surface area (Å²) < 4.78 is 54.0. The summed E-state index contributed by atoms with van der Waals surface area (Å²) in [5.41, 5.74) is 0. The molecule has 0 aliphatic carbocycles. The predicted molar refractivity (Wildman–Crippen MR) is 120 cm³/mol. The van der Waals surface area contributed by atoms with Crippen LogP contribution in [0.1, 0.15) is 51.9 Å². The molecular weight excluding hydrogens is 452 g/mol. The number of nitrogens with zero attached hydrogens (tertiary/aromatic N) is 2. The smallest absolute Gasteiger partial charge is 0.246 e. The fourth-order valence-corrected chi connectivity index (χ4v) is 6.05. The molecule has 0 atom stereocenters. The largest absolute Gasteiger partial charge is 0.356 e. The summed E-state index contributed by atoms with van der Waals surface area (Å²) in [6, 6.07) is 2.36. The van der Waals surface area contributed by atoms with E-state index in [0.29, 0.717) is 51.4 Å². The van der Waals surface area contributed by atoms with Crippen LogP contribution in [0.25, 0.3) is 0 Å². The van der Waals surface area contributed by atoms with E-state index in [1.807, 2.05) is 0 Å². The lowest BCUT2D eigenvalue weighted by Crippen LogP contribution is -2.48. The Balaban J connectivity index is 1.48. The van der Waals surface area contributed by atoms with Crippen LogP contribution in [-0.2, 0) is 19.6 Å². The zero-order valence-corrected chi connectivity index (χ0v) is 19.9. The molecular formula is C23H33F2N3O4S. The van der Waals surface area contributed by atoms with E-state index in [9.17, 15) is 26.8 Å². The number of benzene rings is 1. The van der Waals surface area contributed by atoms with Gasteiger partial charge in [0, 0.05) is 44.6 Å². The molecule has 10 heteroatoms. The second-order valence-corrected chi connectivity index (χ2v) is 10.8. The molecule has 0 saturated carbocycles. The first-order valence-electron chi connectivity index (χ1n) is 11.8. The molecule has 1 aromatic carbocycles. The van der Waals surface area contributed by atoms with Crippen LogP contribution in [0.4, 0.5) is 8.78 Å². The van der Waals surface area contributed by atoms with Crippen molar-refractivity contribution in [3.05, 3.63) is 29.8 Å². The number of carbonyl (C=O) groups is 2. The third-order valence-electron chi connectivity index (χ3n) is 6.57. The summed E-state index contributed by atoms with van der Waals surface area (Å²) in [6.45, 7) is 3.98. The minimum atomic E-state index is -4.17. The van der Waals surface area contributed by atoms with Gasteiger partial charge in [0.2, 0.25) is 21.8 Å². The van der Waals surface area contributed by atoms with E-state index in [1.54, 1.807) is 4.90 Å². The highest BCUT2D eigenvalue weighted by atomic mass is 32.2. The second-order valence-electron chi connectivity index (χ2n) is 8.85. The third-order valence-corrected chi connectivity index (χ3v) is 8.48. The van der Waals surface area contributed by atoms with Crippen molar-refractivity contribution in [2.24, 2.45) is 11.8 Å². The van der Waals surface area contributed by atoms with Gasteiger partial charge in [-0.3, -0.25) is 9.59 Å². The van der Waals surface area contributed by atoms with E-state index in [0.717, 1.165) is 35.7 Å². The van der Waals surface area contributed by atoms with Crippen LogP contribution in [0.2, 0.25) is 0 Å². The van der Waals surface area contributed by atoms with Crippen LogP contribution in [-0.4, -0.2) is 62.2 Å². The molecule has 33 heavy (non-hydrogen) atoms. The summed E-state index contributed by atoms with van der Waals surface area (Å²) in [5.74, 6) is -2.17. The lowest BCUT2D eigenvalue weighted by atomic mass is 9.92. The van der Waals surface area contributed by atoms with E-state index < -0.39 is 26.6 Å². The quantitative estimate of drug-likeness (QED) is 0.574. The molecule has 0 aromatic heterocycles. The number of nitrogens with one attached hydrogen (secondary N) is 1. The molecule has 0 radical (unpaired) electrons. The first-order valence-corrected chi connectivity index (χ1v) is 13.2. The van der Waals surface area contributed by atoms with Gasteiger partial charge in [-0.2, -0.15) is 4.31 Å². The van der Waals surface area contributed by atoms with Crippen LogP contribution in [0.5, 0.6) is 0 Å². The van der Waals surface area contributed by atoms with E-state index >= 15 is 0 Å². The monoisotopic (exact) mass is 485 g/mol. The van der Waals surface area contributed by atoms with Crippen molar-refractivity contribution >= 4 is 21.8 Å². The molecule has 2 heterocycles. The highest BCUT2D eigenvalue weighted by Gasteiger charge is 2.36. The third kappa shape index (κ3) is 6.29. The molecule has 1 aromatic rings. The number of rotatable bonds is 8. The Labute approximate surface area is 194 Å². The number of unbranched alkanes of at least 4 members (excludes halogenated alkanes) is 2. The van der Waals surface area contributed by atoms with Gasteiger partial charge < -0.3 is 10.2 Å². The summed E-state index contributed by atoms with van der Waals surface area (Å²) in [6.07, 6.45) is 5.06. The maximum absolute atomic E-state index is 14.0. The first kappa shape index (κ1) is 25.6. The van der Waals surface area contributed by atoms with E-state index in [4.69, 9.17) is 0 Å². The molecule has 3 rings (SSSR count). The summed E-state index contributed by atoms with van der Waals surface area (Å²) in [4.78, 5) is 26.3. The van der Waals surface area contributed by atoms with Gasteiger partial charge in [0.15, 0.2) is 0 Å². The highest BCUT2D eigenvalue weighted by molar-refractivity contribution is 7.89. The van der Waals surface area contributed by atoms with Crippen molar-refractivity contribution in [2.75, 3.05) is 32.7 Å². The summed E-state index contributed by atoms with van der Waals surface area (Å²) in [7, 11) is -4.17. The van der Waals surface area contributed by atoms with Crippen molar-refractivity contribution < 1.29 is 26.8 Å². The number of likely N-dealkylation sites (tertiary alicyclic amines) is 1. The molecule has 7 nitrogen and oxygen atoms in total.